The van der Waals surface area contributed by atoms with Gasteiger partial charge in [0.2, 0.25) is 0 Å². The molecule has 3 fully saturated rings. The van der Waals surface area contributed by atoms with Crippen LogP contribution in [-0.4, -0.2) is 61.6 Å². The molecule has 2 spiro atoms. The van der Waals surface area contributed by atoms with E-state index in [4.69, 9.17) is 29.5 Å². The lowest BCUT2D eigenvalue weighted by Crippen LogP contribution is -2.56. The summed E-state index contributed by atoms with van der Waals surface area (Å²) in [6.07, 6.45) is 3.50. The second-order valence-electron chi connectivity index (χ2n) is 12.6. The molecule has 2 heterocycles. The maximum absolute atomic E-state index is 13.1. The van der Waals surface area contributed by atoms with Gasteiger partial charge in [-0.3, -0.25) is 0 Å². The third-order valence-corrected chi connectivity index (χ3v) is 9.36. The van der Waals surface area contributed by atoms with Gasteiger partial charge < -0.3 is 28.7 Å². The van der Waals surface area contributed by atoms with E-state index in [0.29, 0.717) is 37.1 Å². The third-order valence-electron chi connectivity index (χ3n) is 9.36. The standard InChI is InChI=1S/C38H40N4O8/c1-5-41(19-7-17-39)29-11-9-27(25(3)21-29)23-31-33(43)47-37(48-34(31)44)13-15-38(16-14-37)49-35(45)32(36(46)50-38)24-28-10-12-30(22-26(28)4)42(6-2)20-8-18-40/h9-12,21-24H,5-8,13-16,19-20H2,1-4H3. The maximum atomic E-state index is 13.1. The summed E-state index contributed by atoms with van der Waals surface area (Å²) in [7, 11) is 0. The Bertz CT molecular complexity index is 1660. The van der Waals surface area contributed by atoms with E-state index >= 15 is 0 Å². The van der Waals surface area contributed by atoms with Crippen LogP contribution in [0.25, 0.3) is 12.2 Å². The molecule has 260 valence electrons. The lowest BCUT2D eigenvalue weighted by atomic mass is 9.87. The SMILES string of the molecule is CCN(CCC#N)c1ccc(C=C2C(=O)OC3(CCC4(CC3)OC(=O)C(=Cc3ccc(N(CC)CCC#N)cc3C)C(=O)O4)OC2=O)c(C)c1. The smallest absolute Gasteiger partial charge is 0.348 e. The van der Waals surface area contributed by atoms with Gasteiger partial charge in [-0.25, -0.2) is 19.2 Å². The first-order valence-electron chi connectivity index (χ1n) is 16.8. The Morgan fingerprint density at radius 1 is 0.640 bits per heavy atom. The highest BCUT2D eigenvalue weighted by molar-refractivity contribution is 6.19. The van der Waals surface area contributed by atoms with Gasteiger partial charge in [0.1, 0.15) is 11.1 Å². The van der Waals surface area contributed by atoms with Gasteiger partial charge in [-0.05, 0) is 86.4 Å². The number of esters is 4. The number of rotatable bonds is 10. The second kappa shape index (κ2) is 14.9. The Morgan fingerprint density at radius 2 is 0.980 bits per heavy atom. The van der Waals surface area contributed by atoms with E-state index in [2.05, 4.69) is 21.9 Å². The van der Waals surface area contributed by atoms with Crippen LogP contribution in [0.5, 0.6) is 0 Å². The van der Waals surface area contributed by atoms with Crippen LogP contribution >= 0.6 is 0 Å². The van der Waals surface area contributed by atoms with Crippen LogP contribution in [0, 0.1) is 36.5 Å². The Hall–Kier alpha value is -5.62. The van der Waals surface area contributed by atoms with Gasteiger partial charge in [0.05, 0.1) is 25.0 Å². The van der Waals surface area contributed by atoms with Crippen LogP contribution in [0.3, 0.4) is 0 Å². The Balaban J connectivity index is 1.23. The fraction of sp³-hybridized carbons (Fsp3) is 0.421. The molecule has 5 rings (SSSR count). The average molecular weight is 681 g/mol. The van der Waals surface area contributed by atoms with E-state index in [9.17, 15) is 19.2 Å². The molecular weight excluding hydrogens is 640 g/mol. The van der Waals surface area contributed by atoms with Crippen LogP contribution < -0.4 is 9.80 Å². The highest BCUT2D eigenvalue weighted by Gasteiger charge is 2.56. The summed E-state index contributed by atoms with van der Waals surface area (Å²) >= 11 is 0. The summed E-state index contributed by atoms with van der Waals surface area (Å²) in [6, 6.07) is 15.5. The minimum absolute atomic E-state index is 0.0407. The quantitative estimate of drug-likeness (QED) is 0.179. The minimum Gasteiger partial charge on any atom is -0.419 e. The molecule has 0 N–H and O–H groups in total. The molecule has 12 nitrogen and oxygen atoms in total. The topological polar surface area (TPSA) is 159 Å². The number of aryl methyl sites for hydroxylation is 2. The number of carbonyl (C=O) groups is 4. The van der Waals surface area contributed by atoms with Gasteiger partial charge in [-0.15, -0.1) is 0 Å². The molecular formula is C38H40N4O8. The minimum atomic E-state index is -1.58. The van der Waals surface area contributed by atoms with E-state index in [0.717, 1.165) is 35.6 Å². The summed E-state index contributed by atoms with van der Waals surface area (Å²) in [5.74, 6) is -6.48. The summed E-state index contributed by atoms with van der Waals surface area (Å²) in [5.41, 5.74) is 4.28. The van der Waals surface area contributed by atoms with Gasteiger partial charge in [0.15, 0.2) is 0 Å². The van der Waals surface area contributed by atoms with Gasteiger partial charge in [0.25, 0.3) is 11.6 Å². The maximum Gasteiger partial charge on any atom is 0.348 e. The molecule has 0 amide bonds. The largest absolute Gasteiger partial charge is 0.419 e. The summed E-state index contributed by atoms with van der Waals surface area (Å²) in [6.45, 7) is 10.3. The molecule has 0 unspecified atom stereocenters. The third kappa shape index (κ3) is 7.50. The van der Waals surface area contributed by atoms with Crippen molar-refractivity contribution in [3.05, 3.63) is 69.8 Å². The number of hydrogen-bond donors (Lipinski definition) is 0. The van der Waals surface area contributed by atoms with Crippen molar-refractivity contribution >= 4 is 47.4 Å². The zero-order chi connectivity index (χ0) is 36.1. The van der Waals surface area contributed by atoms with E-state index in [1.807, 2.05) is 52.0 Å². The van der Waals surface area contributed by atoms with Crippen molar-refractivity contribution in [2.24, 2.45) is 0 Å². The fourth-order valence-corrected chi connectivity index (χ4v) is 6.42. The van der Waals surface area contributed by atoms with Gasteiger partial charge in [0, 0.05) is 63.2 Å². The molecule has 0 aromatic heterocycles. The van der Waals surface area contributed by atoms with Crippen molar-refractivity contribution in [2.45, 2.75) is 77.8 Å². The van der Waals surface area contributed by atoms with Crippen LogP contribution in [0.15, 0.2) is 47.5 Å². The zero-order valence-electron chi connectivity index (χ0n) is 28.7. The van der Waals surface area contributed by atoms with E-state index in [-0.39, 0.29) is 36.8 Å². The number of nitrogens with zero attached hydrogens (tertiary/aromatic N) is 4. The van der Waals surface area contributed by atoms with E-state index in [1.165, 1.54) is 12.2 Å². The highest BCUT2D eigenvalue weighted by atomic mass is 16.8. The first-order valence-corrected chi connectivity index (χ1v) is 16.8. The molecule has 12 heteroatoms. The first kappa shape index (κ1) is 35.7. The monoisotopic (exact) mass is 680 g/mol. The summed E-state index contributed by atoms with van der Waals surface area (Å²) in [5, 5.41) is 17.9. The number of anilines is 2. The summed E-state index contributed by atoms with van der Waals surface area (Å²) in [4.78, 5) is 56.7. The molecule has 1 aliphatic carbocycles. The molecule has 2 saturated heterocycles. The average Bonchev–Trinajstić information content (AvgIpc) is 3.08. The fourth-order valence-electron chi connectivity index (χ4n) is 6.42. The predicted octanol–water partition coefficient (Wildman–Crippen LogP) is 5.42. The molecule has 2 aromatic rings. The van der Waals surface area contributed by atoms with Gasteiger partial charge in [-0.2, -0.15) is 10.5 Å². The Kier molecular flexibility index (Phi) is 10.6. The predicted molar refractivity (Wildman–Crippen MR) is 183 cm³/mol. The number of carbonyl (C=O) groups excluding carboxylic acids is 4. The zero-order valence-corrected chi connectivity index (χ0v) is 28.7. The molecule has 50 heavy (non-hydrogen) atoms. The van der Waals surface area contributed by atoms with Crippen molar-refractivity contribution in [3.63, 3.8) is 0 Å². The number of ether oxygens (including phenoxy) is 4. The van der Waals surface area contributed by atoms with Gasteiger partial charge >= 0.3 is 23.9 Å². The molecule has 2 aromatic carbocycles. The Labute approximate surface area is 291 Å². The van der Waals surface area contributed by atoms with Crippen LogP contribution in [0.1, 0.15) is 74.6 Å². The van der Waals surface area contributed by atoms with Gasteiger partial charge in [-0.1, -0.05) is 12.1 Å². The number of nitriles is 2. The molecule has 2 aliphatic heterocycles. The molecule has 1 saturated carbocycles. The Morgan fingerprint density at radius 3 is 1.26 bits per heavy atom. The van der Waals surface area contributed by atoms with Crippen molar-refractivity contribution in [2.75, 3.05) is 36.0 Å². The van der Waals surface area contributed by atoms with Crippen molar-refractivity contribution < 1.29 is 38.1 Å². The molecule has 0 radical (unpaired) electrons. The lowest BCUT2D eigenvalue weighted by Gasteiger charge is -2.46. The molecule has 3 aliphatic rings. The second-order valence-corrected chi connectivity index (χ2v) is 12.6. The van der Waals surface area contributed by atoms with E-state index in [1.54, 1.807) is 12.1 Å². The van der Waals surface area contributed by atoms with Crippen molar-refractivity contribution in [3.8, 4) is 12.1 Å². The van der Waals surface area contributed by atoms with Crippen LogP contribution in [-0.2, 0) is 38.1 Å². The highest BCUT2D eigenvalue weighted by Crippen LogP contribution is 2.45. The molecule has 0 atom stereocenters. The lowest BCUT2D eigenvalue weighted by molar-refractivity contribution is -0.291. The number of benzene rings is 2. The normalized spacial score (nSPS) is 21.4. The van der Waals surface area contributed by atoms with Crippen molar-refractivity contribution in [1.82, 2.24) is 0 Å². The van der Waals surface area contributed by atoms with Crippen LogP contribution in [0.2, 0.25) is 0 Å². The van der Waals surface area contributed by atoms with Crippen molar-refractivity contribution in [1.29, 1.82) is 10.5 Å². The number of hydrogen-bond acceptors (Lipinski definition) is 12. The van der Waals surface area contributed by atoms with Crippen LogP contribution in [0.4, 0.5) is 11.4 Å². The first-order chi connectivity index (χ1) is 24.0. The summed E-state index contributed by atoms with van der Waals surface area (Å²) < 4.78 is 22.8. The molecule has 0 bridgehead atoms. The van der Waals surface area contributed by atoms with E-state index < -0.39 is 35.5 Å².